The molecule has 2 aromatic heterocycles. The maximum atomic E-state index is 13.4. The van der Waals surface area contributed by atoms with E-state index in [1.54, 1.807) is 11.8 Å². The van der Waals surface area contributed by atoms with Crippen LogP contribution in [0, 0.1) is 0 Å². The van der Waals surface area contributed by atoms with Crippen molar-refractivity contribution in [1.29, 1.82) is 0 Å². The van der Waals surface area contributed by atoms with Crippen molar-refractivity contribution in [3.8, 4) is 11.4 Å². The number of piperazine rings is 1. The molecule has 0 radical (unpaired) electrons. The van der Waals surface area contributed by atoms with Crippen LogP contribution in [0.15, 0.2) is 30.9 Å². The minimum absolute atomic E-state index is 0.0612. The topological polar surface area (TPSA) is 108 Å². The lowest BCUT2D eigenvalue weighted by Gasteiger charge is -2.45. The number of alkyl halides is 3. The molecule has 1 fully saturated rings. The molecule has 2 aromatic rings. The highest BCUT2D eigenvalue weighted by molar-refractivity contribution is 6.29. The van der Waals surface area contributed by atoms with Gasteiger partial charge >= 0.3 is 6.18 Å². The maximum Gasteiger partial charge on any atom is 0.451 e. The average molecular weight is 511 g/mol. The Balaban J connectivity index is 2.16. The number of hydrogen-bond donors (Lipinski definition) is 1. The van der Waals surface area contributed by atoms with E-state index in [-0.39, 0.29) is 47.5 Å². The standard InChI is InChI=1S/C22H22ClF3N6O3/c1-5-19(34)31-9-11(2)32(12(3)33)17(10-31)13-6-14(28-18(23)7-13)15-8-16(20(35)27-4)30-21(29-15)22(24,25)26/h5-8,11,17H,1,9-10H2,2-4H3,(H,27,35)/t11-,17?/m1/s1. The third kappa shape index (κ3) is 5.59. The van der Waals surface area contributed by atoms with Crippen molar-refractivity contribution in [2.24, 2.45) is 0 Å². The summed E-state index contributed by atoms with van der Waals surface area (Å²) in [6.07, 6.45) is -3.76. The van der Waals surface area contributed by atoms with Crippen LogP contribution in [0.2, 0.25) is 5.15 Å². The lowest BCUT2D eigenvalue weighted by Crippen LogP contribution is -2.56. The highest BCUT2D eigenvalue weighted by Gasteiger charge is 2.38. The first-order valence-electron chi connectivity index (χ1n) is 10.4. The SMILES string of the molecule is C=CC(=O)N1CC(c2cc(Cl)nc(-c3cc(C(=O)NC)nc(C(F)(F)F)n3)c2)N(C(C)=O)[C@H](C)C1. The van der Waals surface area contributed by atoms with Crippen LogP contribution in [0.1, 0.15) is 41.8 Å². The number of pyridine rings is 1. The average Bonchev–Trinajstić information content (AvgIpc) is 2.80. The van der Waals surface area contributed by atoms with Gasteiger partial charge in [-0.25, -0.2) is 15.0 Å². The molecular formula is C22H22ClF3N6O3. The van der Waals surface area contributed by atoms with Crippen molar-refractivity contribution in [2.45, 2.75) is 32.1 Å². The fraction of sp³-hybridized carbons (Fsp3) is 0.364. The summed E-state index contributed by atoms with van der Waals surface area (Å²) in [5, 5.41) is 2.15. The summed E-state index contributed by atoms with van der Waals surface area (Å²) in [5.74, 6) is -2.95. The maximum absolute atomic E-state index is 13.4. The van der Waals surface area contributed by atoms with E-state index in [1.165, 1.54) is 31.0 Å². The fourth-order valence-electron chi connectivity index (χ4n) is 3.98. The first-order chi connectivity index (χ1) is 16.3. The molecule has 186 valence electrons. The Morgan fingerprint density at radius 1 is 1.14 bits per heavy atom. The quantitative estimate of drug-likeness (QED) is 0.500. The lowest BCUT2D eigenvalue weighted by atomic mass is 9.98. The summed E-state index contributed by atoms with van der Waals surface area (Å²) in [6.45, 7) is 7.04. The van der Waals surface area contributed by atoms with Crippen molar-refractivity contribution in [2.75, 3.05) is 20.1 Å². The number of rotatable bonds is 4. The van der Waals surface area contributed by atoms with Gasteiger partial charge in [0.1, 0.15) is 10.8 Å². The number of aromatic nitrogens is 3. The van der Waals surface area contributed by atoms with Crippen LogP contribution in [-0.2, 0) is 15.8 Å². The second-order valence-corrected chi connectivity index (χ2v) is 8.27. The van der Waals surface area contributed by atoms with Crippen LogP contribution in [0.4, 0.5) is 13.2 Å². The van der Waals surface area contributed by atoms with Gasteiger partial charge in [0.15, 0.2) is 0 Å². The minimum Gasteiger partial charge on any atom is -0.354 e. The monoisotopic (exact) mass is 510 g/mol. The van der Waals surface area contributed by atoms with Crippen molar-refractivity contribution in [3.63, 3.8) is 0 Å². The van der Waals surface area contributed by atoms with E-state index >= 15 is 0 Å². The molecule has 3 rings (SSSR count). The molecule has 1 saturated heterocycles. The van der Waals surface area contributed by atoms with Gasteiger partial charge in [0.2, 0.25) is 17.6 Å². The van der Waals surface area contributed by atoms with Gasteiger partial charge in [0.25, 0.3) is 5.91 Å². The molecule has 3 heterocycles. The summed E-state index contributed by atoms with van der Waals surface area (Å²) in [6, 6.07) is 2.93. The highest BCUT2D eigenvalue weighted by Crippen LogP contribution is 2.33. The van der Waals surface area contributed by atoms with Crippen LogP contribution < -0.4 is 5.32 Å². The molecule has 0 saturated carbocycles. The largest absolute Gasteiger partial charge is 0.451 e. The summed E-state index contributed by atoms with van der Waals surface area (Å²) in [5.41, 5.74) is -0.425. The summed E-state index contributed by atoms with van der Waals surface area (Å²) >= 11 is 6.21. The number of halogens is 4. The number of nitrogens with one attached hydrogen (secondary N) is 1. The van der Waals surface area contributed by atoms with Gasteiger partial charge in [-0.05, 0) is 36.8 Å². The molecule has 1 aliphatic heterocycles. The molecule has 9 nitrogen and oxygen atoms in total. The molecule has 0 aliphatic carbocycles. The van der Waals surface area contributed by atoms with Crippen molar-refractivity contribution >= 4 is 29.3 Å². The minimum atomic E-state index is -4.92. The number of nitrogens with zero attached hydrogens (tertiary/aromatic N) is 5. The molecule has 0 bridgehead atoms. The molecule has 2 atom stereocenters. The van der Waals surface area contributed by atoms with E-state index in [4.69, 9.17) is 11.6 Å². The van der Waals surface area contributed by atoms with Gasteiger partial charge in [0, 0.05) is 33.1 Å². The van der Waals surface area contributed by atoms with Crippen molar-refractivity contribution in [3.05, 3.63) is 53.1 Å². The van der Waals surface area contributed by atoms with E-state index < -0.39 is 29.6 Å². The first kappa shape index (κ1) is 26.1. The first-order valence-corrected chi connectivity index (χ1v) is 10.8. The van der Waals surface area contributed by atoms with Gasteiger partial charge in [-0.15, -0.1) is 0 Å². The molecule has 3 amide bonds. The molecule has 0 aromatic carbocycles. The molecule has 1 aliphatic rings. The second-order valence-electron chi connectivity index (χ2n) is 7.89. The molecule has 1 unspecified atom stereocenters. The third-order valence-corrected chi connectivity index (χ3v) is 5.64. The molecule has 35 heavy (non-hydrogen) atoms. The van der Waals surface area contributed by atoms with Gasteiger partial charge in [-0.2, -0.15) is 13.2 Å². The van der Waals surface area contributed by atoms with Gasteiger partial charge < -0.3 is 15.1 Å². The van der Waals surface area contributed by atoms with Crippen LogP contribution >= 0.6 is 11.6 Å². The molecule has 1 N–H and O–H groups in total. The Morgan fingerprint density at radius 2 is 1.80 bits per heavy atom. The van der Waals surface area contributed by atoms with Crippen molar-refractivity contribution < 1.29 is 27.6 Å². The van der Waals surface area contributed by atoms with Crippen molar-refractivity contribution in [1.82, 2.24) is 30.1 Å². The van der Waals surface area contributed by atoms with Crippen LogP contribution in [0.25, 0.3) is 11.4 Å². The zero-order valence-corrected chi connectivity index (χ0v) is 19.8. The zero-order chi connectivity index (χ0) is 26.1. The Kier molecular flexibility index (Phi) is 7.44. The molecule has 0 spiro atoms. The van der Waals surface area contributed by atoms with Crippen LogP contribution in [-0.4, -0.2) is 68.7 Å². The zero-order valence-electron chi connectivity index (χ0n) is 19.1. The fourth-order valence-corrected chi connectivity index (χ4v) is 4.20. The van der Waals surface area contributed by atoms with E-state index in [1.807, 2.05) is 0 Å². The van der Waals surface area contributed by atoms with Gasteiger partial charge in [-0.1, -0.05) is 18.2 Å². The van der Waals surface area contributed by atoms with E-state index in [2.05, 4.69) is 26.8 Å². The van der Waals surface area contributed by atoms with Gasteiger partial charge in [0.05, 0.1) is 17.4 Å². The summed E-state index contributed by atoms with van der Waals surface area (Å²) in [4.78, 5) is 50.8. The number of hydrogen-bond acceptors (Lipinski definition) is 6. The van der Waals surface area contributed by atoms with Crippen LogP contribution in [0.3, 0.4) is 0 Å². The number of amides is 3. The van der Waals surface area contributed by atoms with E-state index in [0.717, 1.165) is 12.1 Å². The normalized spacial score (nSPS) is 18.3. The Morgan fingerprint density at radius 3 is 2.37 bits per heavy atom. The predicted octanol–water partition coefficient (Wildman–Crippen LogP) is 2.88. The lowest BCUT2D eigenvalue weighted by molar-refractivity contribution is -0.145. The summed E-state index contributed by atoms with van der Waals surface area (Å²) < 4.78 is 40.3. The third-order valence-electron chi connectivity index (χ3n) is 5.44. The number of carbonyl (C=O) groups excluding carboxylic acids is 3. The summed E-state index contributed by atoms with van der Waals surface area (Å²) in [7, 11) is 1.25. The van der Waals surface area contributed by atoms with E-state index in [0.29, 0.717) is 5.56 Å². The molecular weight excluding hydrogens is 489 g/mol. The van der Waals surface area contributed by atoms with E-state index in [9.17, 15) is 27.6 Å². The Labute approximate surface area is 204 Å². The number of carbonyl (C=O) groups is 3. The van der Waals surface area contributed by atoms with Crippen LogP contribution in [0.5, 0.6) is 0 Å². The van der Waals surface area contributed by atoms with Gasteiger partial charge in [-0.3, -0.25) is 14.4 Å². The predicted molar refractivity (Wildman–Crippen MR) is 120 cm³/mol. The Hall–Kier alpha value is -3.54. The molecule has 13 heteroatoms. The smallest absolute Gasteiger partial charge is 0.354 e. The second kappa shape index (κ2) is 9.98. The highest BCUT2D eigenvalue weighted by atomic mass is 35.5. The Bertz CT molecular complexity index is 1190.